The van der Waals surface area contributed by atoms with Gasteiger partial charge in [0.05, 0.1) is 11.3 Å². The minimum absolute atomic E-state index is 0.0588. The zero-order valence-electron chi connectivity index (χ0n) is 10.8. The van der Waals surface area contributed by atoms with Gasteiger partial charge in [-0.1, -0.05) is 20.8 Å². The molecule has 8 heteroatoms. The van der Waals surface area contributed by atoms with Crippen LogP contribution in [0.4, 0.5) is 0 Å². The molecule has 0 aliphatic heterocycles. The average Bonchev–Trinajstić information content (AvgIpc) is 2.13. The van der Waals surface area contributed by atoms with Crippen LogP contribution in [0.5, 0.6) is 0 Å². The van der Waals surface area contributed by atoms with Crippen LogP contribution in [0.15, 0.2) is 0 Å². The molecular formula is C10H22O6P2. The Bertz CT molecular complexity index is 352. The minimum Gasteiger partial charge on any atom is -0.324 e. The van der Waals surface area contributed by atoms with Gasteiger partial charge in [0, 0.05) is 0 Å². The van der Waals surface area contributed by atoms with E-state index in [1.165, 1.54) is 6.92 Å². The fraction of sp³-hybridized carbons (Fsp3) is 1.00. The lowest BCUT2D eigenvalue weighted by Crippen LogP contribution is -2.39. The second-order valence-corrected chi connectivity index (χ2v) is 9.33. The van der Waals surface area contributed by atoms with Crippen LogP contribution < -0.4 is 0 Å². The summed E-state index contributed by atoms with van der Waals surface area (Å²) in [4.78, 5) is 37.4. The minimum atomic E-state index is -4.32. The van der Waals surface area contributed by atoms with E-state index in [1.807, 2.05) is 13.8 Å². The summed E-state index contributed by atoms with van der Waals surface area (Å²) in [6.45, 7) is 5.35. The predicted molar refractivity (Wildman–Crippen MR) is 68.4 cm³/mol. The van der Waals surface area contributed by atoms with Gasteiger partial charge in [0.15, 0.2) is 0 Å². The van der Waals surface area contributed by atoms with E-state index in [1.54, 1.807) is 0 Å². The molecule has 0 radical (unpaired) electrons. The largest absolute Gasteiger partial charge is 0.328 e. The van der Waals surface area contributed by atoms with Crippen LogP contribution in [0.1, 0.15) is 33.6 Å². The SMILES string of the molecule is CC(C)C1CC(P(=O)(O)O)C(C)C(P(=O)(O)O)C1. The Balaban J connectivity index is 3.08. The molecule has 0 aromatic carbocycles. The highest BCUT2D eigenvalue weighted by Crippen LogP contribution is 2.60. The van der Waals surface area contributed by atoms with E-state index in [0.29, 0.717) is 12.8 Å². The van der Waals surface area contributed by atoms with Crippen LogP contribution in [-0.2, 0) is 9.13 Å². The molecule has 1 aliphatic rings. The summed E-state index contributed by atoms with van der Waals surface area (Å²) in [7, 11) is -8.65. The molecule has 2 atom stereocenters. The van der Waals surface area contributed by atoms with Gasteiger partial charge in [0.25, 0.3) is 0 Å². The third-order valence-electron chi connectivity index (χ3n) is 4.11. The molecule has 108 valence electrons. The normalized spacial score (nSPS) is 34.9. The van der Waals surface area contributed by atoms with Crippen molar-refractivity contribution in [2.24, 2.45) is 17.8 Å². The lowest BCUT2D eigenvalue weighted by molar-refractivity contribution is 0.200. The van der Waals surface area contributed by atoms with Crippen molar-refractivity contribution in [3.8, 4) is 0 Å². The van der Waals surface area contributed by atoms with Crippen molar-refractivity contribution in [1.29, 1.82) is 0 Å². The van der Waals surface area contributed by atoms with Crippen molar-refractivity contribution in [1.82, 2.24) is 0 Å². The van der Waals surface area contributed by atoms with Crippen molar-refractivity contribution in [2.75, 3.05) is 0 Å². The first-order valence-electron chi connectivity index (χ1n) is 6.05. The molecular weight excluding hydrogens is 278 g/mol. The lowest BCUT2D eigenvalue weighted by Gasteiger charge is -2.41. The van der Waals surface area contributed by atoms with Gasteiger partial charge in [-0.25, -0.2) is 0 Å². The van der Waals surface area contributed by atoms with Crippen LogP contribution in [0.25, 0.3) is 0 Å². The van der Waals surface area contributed by atoms with Crippen LogP contribution in [0.2, 0.25) is 0 Å². The summed E-state index contributed by atoms with van der Waals surface area (Å²) in [6.07, 6.45) is 0.666. The first kappa shape index (κ1) is 16.4. The maximum atomic E-state index is 11.5. The maximum absolute atomic E-state index is 11.5. The molecule has 4 N–H and O–H groups in total. The van der Waals surface area contributed by atoms with Crippen molar-refractivity contribution >= 4 is 15.2 Å². The molecule has 1 saturated carbocycles. The smallest absolute Gasteiger partial charge is 0.324 e. The second kappa shape index (κ2) is 5.35. The molecule has 0 amide bonds. The topological polar surface area (TPSA) is 115 Å². The fourth-order valence-electron chi connectivity index (χ4n) is 2.83. The summed E-state index contributed by atoms with van der Waals surface area (Å²) in [5.41, 5.74) is -1.90. The Kier molecular flexibility index (Phi) is 4.86. The number of rotatable bonds is 3. The molecule has 0 aromatic heterocycles. The Labute approximate surface area is 107 Å². The van der Waals surface area contributed by atoms with Crippen LogP contribution in [0.3, 0.4) is 0 Å². The Morgan fingerprint density at radius 3 is 1.50 bits per heavy atom. The molecule has 1 aliphatic carbocycles. The Morgan fingerprint density at radius 2 is 1.28 bits per heavy atom. The first-order chi connectivity index (χ1) is 7.94. The van der Waals surface area contributed by atoms with Crippen molar-refractivity contribution in [2.45, 2.75) is 44.9 Å². The summed E-state index contributed by atoms with van der Waals surface area (Å²) >= 11 is 0. The Morgan fingerprint density at radius 1 is 0.944 bits per heavy atom. The van der Waals surface area contributed by atoms with Crippen molar-refractivity contribution in [3.05, 3.63) is 0 Å². The zero-order chi connectivity index (χ0) is 14.3. The standard InChI is InChI=1S/C10H22O6P2/c1-6(2)8-4-9(17(11,12)13)7(3)10(5-8)18(14,15)16/h6-10H,4-5H2,1-3H3,(H2,11,12,13)(H2,14,15,16). The predicted octanol–water partition coefficient (Wildman–Crippen LogP) is 1.78. The highest BCUT2D eigenvalue weighted by atomic mass is 31.2. The lowest BCUT2D eigenvalue weighted by atomic mass is 9.77. The van der Waals surface area contributed by atoms with Gasteiger partial charge in [-0.05, 0) is 30.6 Å². The molecule has 18 heavy (non-hydrogen) atoms. The maximum Gasteiger partial charge on any atom is 0.328 e. The third-order valence-corrected chi connectivity index (χ3v) is 7.20. The van der Waals surface area contributed by atoms with E-state index in [-0.39, 0.29) is 11.8 Å². The summed E-state index contributed by atoms with van der Waals surface area (Å²) in [5.74, 6) is -0.571. The molecule has 1 fully saturated rings. The van der Waals surface area contributed by atoms with Gasteiger partial charge in [-0.3, -0.25) is 9.13 Å². The molecule has 0 saturated heterocycles. The highest BCUT2D eigenvalue weighted by molar-refractivity contribution is 7.53. The third kappa shape index (κ3) is 3.66. The second-order valence-electron chi connectivity index (χ2n) is 5.65. The monoisotopic (exact) mass is 300 g/mol. The van der Waals surface area contributed by atoms with Gasteiger partial charge < -0.3 is 19.6 Å². The first-order valence-corrected chi connectivity index (χ1v) is 9.41. The molecule has 2 unspecified atom stereocenters. The molecule has 1 rings (SSSR count). The fourth-order valence-corrected chi connectivity index (χ4v) is 5.70. The highest BCUT2D eigenvalue weighted by Gasteiger charge is 2.49. The number of hydrogen-bond acceptors (Lipinski definition) is 2. The van der Waals surface area contributed by atoms with E-state index in [4.69, 9.17) is 0 Å². The quantitative estimate of drug-likeness (QED) is 0.591. The van der Waals surface area contributed by atoms with Gasteiger partial charge in [-0.15, -0.1) is 0 Å². The molecule has 0 aromatic rings. The molecule has 0 bridgehead atoms. The molecule has 0 spiro atoms. The summed E-state index contributed by atoms with van der Waals surface area (Å²) < 4.78 is 23.0. The van der Waals surface area contributed by atoms with Gasteiger partial charge >= 0.3 is 15.2 Å². The van der Waals surface area contributed by atoms with E-state index in [0.717, 1.165) is 0 Å². The van der Waals surface area contributed by atoms with Crippen LogP contribution in [-0.4, -0.2) is 30.9 Å². The van der Waals surface area contributed by atoms with Crippen LogP contribution in [0, 0.1) is 17.8 Å². The van der Waals surface area contributed by atoms with Crippen molar-refractivity contribution in [3.63, 3.8) is 0 Å². The zero-order valence-corrected chi connectivity index (χ0v) is 12.6. The molecule has 0 heterocycles. The molecule has 6 nitrogen and oxygen atoms in total. The van der Waals surface area contributed by atoms with Gasteiger partial charge in [0.1, 0.15) is 0 Å². The summed E-state index contributed by atoms with van der Waals surface area (Å²) in [6, 6.07) is 0. The van der Waals surface area contributed by atoms with Gasteiger partial charge in [0.2, 0.25) is 0 Å². The van der Waals surface area contributed by atoms with Gasteiger partial charge in [-0.2, -0.15) is 0 Å². The van der Waals surface area contributed by atoms with E-state index in [2.05, 4.69) is 0 Å². The van der Waals surface area contributed by atoms with Crippen LogP contribution >= 0.6 is 15.2 Å². The average molecular weight is 300 g/mol. The Hall–Kier alpha value is 0.300. The van der Waals surface area contributed by atoms with E-state index < -0.39 is 32.4 Å². The number of hydrogen-bond donors (Lipinski definition) is 4. The summed E-state index contributed by atoms with van der Waals surface area (Å²) in [5, 5.41) is 0. The van der Waals surface area contributed by atoms with E-state index in [9.17, 15) is 28.7 Å². The van der Waals surface area contributed by atoms with Crippen molar-refractivity contribution < 1.29 is 28.7 Å². The van der Waals surface area contributed by atoms with E-state index >= 15 is 0 Å².